The van der Waals surface area contributed by atoms with Gasteiger partial charge < -0.3 is 23.9 Å². The highest BCUT2D eigenvalue weighted by molar-refractivity contribution is 6.04. The van der Waals surface area contributed by atoms with Gasteiger partial charge in [-0.2, -0.15) is 0 Å². The van der Waals surface area contributed by atoms with Crippen molar-refractivity contribution in [1.29, 1.82) is 0 Å². The third kappa shape index (κ3) is 3.85. The van der Waals surface area contributed by atoms with Gasteiger partial charge in [-0.25, -0.2) is 9.59 Å². The lowest BCUT2D eigenvalue weighted by molar-refractivity contribution is 0.0313. The number of rotatable bonds is 7. The maximum Gasteiger partial charge on any atom is 0.342 e. The van der Waals surface area contributed by atoms with Gasteiger partial charge in [-0.3, -0.25) is 4.79 Å². The van der Waals surface area contributed by atoms with E-state index in [0.717, 1.165) is 0 Å². The van der Waals surface area contributed by atoms with Crippen LogP contribution < -0.4 is 9.47 Å². The third-order valence-electron chi connectivity index (χ3n) is 4.35. The summed E-state index contributed by atoms with van der Waals surface area (Å²) in [6.45, 7) is 4.75. The molecule has 1 atom stereocenters. The van der Waals surface area contributed by atoms with Crippen LogP contribution >= 0.6 is 0 Å². The van der Waals surface area contributed by atoms with Crippen molar-refractivity contribution in [2.45, 2.75) is 26.9 Å². The summed E-state index contributed by atoms with van der Waals surface area (Å²) < 4.78 is 20.5. The first-order chi connectivity index (χ1) is 13.3. The molecule has 28 heavy (non-hydrogen) atoms. The number of hydrogen-bond donors (Lipinski definition) is 1. The number of carbonyl (C=O) groups excluding carboxylic acids is 3. The lowest BCUT2D eigenvalue weighted by Gasteiger charge is -2.15. The van der Waals surface area contributed by atoms with E-state index in [1.807, 2.05) is 0 Å². The van der Waals surface area contributed by atoms with Crippen LogP contribution in [0.25, 0.3) is 0 Å². The number of esters is 2. The molecule has 1 N–H and O–H groups in total. The molecule has 0 aliphatic carbocycles. The van der Waals surface area contributed by atoms with Gasteiger partial charge in [-0.05, 0) is 38.5 Å². The number of aromatic nitrogens is 1. The topological polar surface area (TPSA) is 104 Å². The highest BCUT2D eigenvalue weighted by atomic mass is 16.6. The Morgan fingerprint density at radius 1 is 1.00 bits per heavy atom. The Bertz CT molecular complexity index is 914. The number of ether oxygens (including phenoxy) is 4. The van der Waals surface area contributed by atoms with Gasteiger partial charge in [-0.15, -0.1) is 0 Å². The number of ketones is 1. The molecule has 1 aromatic carbocycles. The molecule has 2 rings (SSSR count). The second kappa shape index (κ2) is 8.60. The van der Waals surface area contributed by atoms with E-state index in [-0.39, 0.29) is 17.0 Å². The molecular weight excluding hydrogens is 366 g/mol. The second-order valence-electron chi connectivity index (χ2n) is 6.07. The van der Waals surface area contributed by atoms with Crippen LogP contribution in [0.15, 0.2) is 18.2 Å². The standard InChI is InChI=1S/C20H23NO7/c1-10-15(20(24)27-6)11(2)21-16(10)17(22)12(3)28-19(23)13-8-7-9-14(25-4)18(13)26-5/h7-9,12,21H,1-6H3/t12-/m0/s1. The van der Waals surface area contributed by atoms with Crippen LogP contribution in [0.1, 0.15) is 49.4 Å². The average molecular weight is 389 g/mol. The number of H-pyrrole nitrogens is 1. The van der Waals surface area contributed by atoms with Crippen molar-refractivity contribution >= 4 is 17.7 Å². The molecule has 0 saturated heterocycles. The summed E-state index contributed by atoms with van der Waals surface area (Å²) >= 11 is 0. The minimum atomic E-state index is -1.09. The number of Topliss-reactive ketones (excluding diaryl/α,β-unsaturated/α-hetero) is 1. The predicted molar refractivity (Wildman–Crippen MR) is 100 cm³/mol. The van der Waals surface area contributed by atoms with Crippen LogP contribution in [-0.4, -0.2) is 50.1 Å². The van der Waals surface area contributed by atoms with Crippen LogP contribution in [0.3, 0.4) is 0 Å². The predicted octanol–water partition coefficient (Wildman–Crippen LogP) is 2.86. The van der Waals surface area contributed by atoms with Crippen molar-refractivity contribution in [1.82, 2.24) is 4.98 Å². The van der Waals surface area contributed by atoms with Gasteiger partial charge in [0.15, 0.2) is 17.6 Å². The Kier molecular flexibility index (Phi) is 6.45. The molecule has 0 radical (unpaired) electrons. The van der Waals surface area contributed by atoms with Crippen molar-refractivity contribution in [2.24, 2.45) is 0 Å². The summed E-state index contributed by atoms with van der Waals surface area (Å²) in [6, 6.07) is 4.77. The zero-order valence-corrected chi connectivity index (χ0v) is 16.7. The smallest absolute Gasteiger partial charge is 0.342 e. The van der Waals surface area contributed by atoms with Crippen molar-refractivity contribution in [2.75, 3.05) is 21.3 Å². The maximum absolute atomic E-state index is 12.8. The van der Waals surface area contributed by atoms with E-state index in [1.54, 1.807) is 26.0 Å². The van der Waals surface area contributed by atoms with Gasteiger partial charge in [0.2, 0.25) is 5.78 Å². The highest BCUT2D eigenvalue weighted by Gasteiger charge is 2.28. The summed E-state index contributed by atoms with van der Waals surface area (Å²) in [5, 5.41) is 0. The molecule has 0 bridgehead atoms. The first kappa shape index (κ1) is 21.0. The average Bonchev–Trinajstić information content (AvgIpc) is 2.99. The van der Waals surface area contributed by atoms with Crippen LogP contribution in [0.5, 0.6) is 11.5 Å². The van der Waals surface area contributed by atoms with Crippen LogP contribution in [-0.2, 0) is 9.47 Å². The third-order valence-corrected chi connectivity index (χ3v) is 4.35. The molecule has 1 aromatic heterocycles. The SMILES string of the molecule is COC(=O)c1c(C)[nH]c(C(=O)[C@H](C)OC(=O)c2cccc(OC)c2OC)c1C. The quantitative estimate of drug-likeness (QED) is 0.573. The molecule has 2 aromatic rings. The Hall–Kier alpha value is -3.29. The lowest BCUT2D eigenvalue weighted by Crippen LogP contribution is -2.25. The van der Waals surface area contributed by atoms with E-state index >= 15 is 0 Å². The zero-order chi connectivity index (χ0) is 21.0. The molecular formula is C20H23NO7. The van der Waals surface area contributed by atoms with Gasteiger partial charge in [0.05, 0.1) is 32.6 Å². The van der Waals surface area contributed by atoms with E-state index < -0.39 is 23.8 Å². The number of nitrogens with one attached hydrogen (secondary N) is 1. The molecule has 0 fully saturated rings. The Morgan fingerprint density at radius 3 is 2.25 bits per heavy atom. The molecule has 0 amide bonds. The van der Waals surface area contributed by atoms with Gasteiger partial charge >= 0.3 is 11.9 Å². The minimum absolute atomic E-state index is 0.135. The summed E-state index contributed by atoms with van der Waals surface area (Å²) in [7, 11) is 4.12. The highest BCUT2D eigenvalue weighted by Crippen LogP contribution is 2.31. The fraction of sp³-hybridized carbons (Fsp3) is 0.350. The fourth-order valence-corrected chi connectivity index (χ4v) is 2.93. The normalized spacial score (nSPS) is 11.5. The Labute approximate surface area is 162 Å². The lowest BCUT2D eigenvalue weighted by atomic mass is 10.1. The van der Waals surface area contributed by atoms with Crippen molar-refractivity contribution in [3.8, 4) is 11.5 Å². The van der Waals surface area contributed by atoms with E-state index in [0.29, 0.717) is 22.6 Å². The van der Waals surface area contributed by atoms with Crippen molar-refractivity contribution in [3.63, 3.8) is 0 Å². The van der Waals surface area contributed by atoms with E-state index in [2.05, 4.69) is 4.98 Å². The van der Waals surface area contributed by atoms with E-state index in [1.165, 1.54) is 34.3 Å². The second-order valence-corrected chi connectivity index (χ2v) is 6.07. The minimum Gasteiger partial charge on any atom is -0.493 e. The van der Waals surface area contributed by atoms with Gasteiger partial charge in [0.25, 0.3) is 0 Å². The van der Waals surface area contributed by atoms with E-state index in [4.69, 9.17) is 18.9 Å². The number of aryl methyl sites for hydroxylation is 1. The van der Waals surface area contributed by atoms with Gasteiger partial charge in [0, 0.05) is 5.69 Å². The summed E-state index contributed by atoms with van der Waals surface area (Å²) in [5.41, 5.74) is 1.56. The molecule has 150 valence electrons. The summed E-state index contributed by atoms with van der Waals surface area (Å²) in [4.78, 5) is 40.1. The monoisotopic (exact) mass is 389 g/mol. The molecule has 0 unspecified atom stereocenters. The molecule has 0 spiro atoms. The number of carbonyl (C=O) groups is 3. The summed E-state index contributed by atoms with van der Waals surface area (Å²) in [5.74, 6) is -1.16. The molecule has 0 aliphatic rings. The zero-order valence-electron chi connectivity index (χ0n) is 16.7. The molecule has 0 saturated carbocycles. The molecule has 1 heterocycles. The molecule has 8 nitrogen and oxygen atoms in total. The first-order valence-corrected chi connectivity index (χ1v) is 8.50. The van der Waals surface area contributed by atoms with E-state index in [9.17, 15) is 14.4 Å². The fourth-order valence-electron chi connectivity index (χ4n) is 2.93. The van der Waals surface area contributed by atoms with Gasteiger partial charge in [-0.1, -0.05) is 6.07 Å². The number of hydrogen-bond acceptors (Lipinski definition) is 7. The van der Waals surface area contributed by atoms with Crippen LogP contribution in [0.2, 0.25) is 0 Å². The van der Waals surface area contributed by atoms with Crippen molar-refractivity contribution < 1.29 is 33.3 Å². The van der Waals surface area contributed by atoms with Crippen LogP contribution in [0, 0.1) is 13.8 Å². The van der Waals surface area contributed by atoms with Crippen LogP contribution in [0.4, 0.5) is 0 Å². The Morgan fingerprint density at radius 2 is 1.68 bits per heavy atom. The molecule has 0 aliphatic heterocycles. The number of benzene rings is 1. The van der Waals surface area contributed by atoms with Gasteiger partial charge in [0.1, 0.15) is 5.56 Å². The number of aromatic amines is 1. The summed E-state index contributed by atoms with van der Waals surface area (Å²) in [6.07, 6.45) is -1.09. The van der Waals surface area contributed by atoms with Crippen molar-refractivity contribution in [3.05, 3.63) is 46.3 Å². The number of methoxy groups -OCH3 is 3. The Balaban J connectivity index is 2.27. The largest absolute Gasteiger partial charge is 0.493 e. The molecule has 8 heteroatoms. The number of para-hydroxylation sites is 1. The first-order valence-electron chi connectivity index (χ1n) is 8.50. The maximum atomic E-state index is 12.8.